The summed E-state index contributed by atoms with van der Waals surface area (Å²) in [5.74, 6) is 0.265. The zero-order valence-electron chi connectivity index (χ0n) is 11.6. The number of nitrogens with one attached hydrogen (secondary N) is 2. The van der Waals surface area contributed by atoms with Crippen LogP contribution in [0.3, 0.4) is 0 Å². The molecule has 0 amide bonds. The van der Waals surface area contributed by atoms with Crippen LogP contribution in [0.25, 0.3) is 0 Å². The van der Waals surface area contributed by atoms with Gasteiger partial charge in [0.2, 0.25) is 0 Å². The molecule has 2 heterocycles. The Morgan fingerprint density at radius 3 is 3.16 bits per heavy atom. The number of carbonyl (C=O) groups is 1. The van der Waals surface area contributed by atoms with Crippen LogP contribution in [0.15, 0.2) is 12.1 Å². The maximum atomic E-state index is 11.3. The number of aromatic amines is 1. The molecule has 0 aromatic carbocycles. The second-order valence-corrected chi connectivity index (χ2v) is 4.89. The first-order chi connectivity index (χ1) is 9.24. The first kappa shape index (κ1) is 14.1. The van der Waals surface area contributed by atoms with Crippen LogP contribution in [0.1, 0.15) is 35.9 Å². The third-order valence-electron chi connectivity index (χ3n) is 3.62. The van der Waals surface area contributed by atoms with Gasteiger partial charge in [-0.25, -0.2) is 4.79 Å². The first-order valence-electron chi connectivity index (χ1n) is 6.83. The smallest absolute Gasteiger partial charge is 0.354 e. The standard InChI is InChI=1S/C14H22N2O3/c1-3-13-10(6-7-19-13)8-15-9-11-4-5-12(16-11)14(17)18-2/h4-5,10,13,15-16H,3,6-9H2,1-2H3. The summed E-state index contributed by atoms with van der Waals surface area (Å²) in [5, 5.41) is 3.41. The van der Waals surface area contributed by atoms with E-state index in [0.717, 1.165) is 38.2 Å². The Morgan fingerprint density at radius 1 is 1.58 bits per heavy atom. The Labute approximate surface area is 113 Å². The number of carbonyl (C=O) groups excluding carboxylic acids is 1. The zero-order chi connectivity index (χ0) is 13.7. The number of aromatic nitrogens is 1. The van der Waals surface area contributed by atoms with Gasteiger partial charge in [-0.05, 0) is 30.9 Å². The van der Waals surface area contributed by atoms with Crippen LogP contribution in [0.4, 0.5) is 0 Å². The monoisotopic (exact) mass is 266 g/mol. The van der Waals surface area contributed by atoms with E-state index in [-0.39, 0.29) is 5.97 Å². The molecule has 2 unspecified atom stereocenters. The lowest BCUT2D eigenvalue weighted by Gasteiger charge is -2.16. The molecular weight excluding hydrogens is 244 g/mol. The van der Waals surface area contributed by atoms with Crippen LogP contribution < -0.4 is 5.32 Å². The highest BCUT2D eigenvalue weighted by molar-refractivity contribution is 5.87. The first-order valence-corrected chi connectivity index (χ1v) is 6.83. The van der Waals surface area contributed by atoms with Crippen molar-refractivity contribution in [2.24, 2.45) is 5.92 Å². The summed E-state index contributed by atoms with van der Waals surface area (Å²) in [6.07, 6.45) is 2.59. The Kier molecular flexibility index (Phi) is 4.99. The third kappa shape index (κ3) is 3.58. The average molecular weight is 266 g/mol. The van der Waals surface area contributed by atoms with Crippen molar-refractivity contribution >= 4 is 5.97 Å². The van der Waals surface area contributed by atoms with Gasteiger partial charge in [-0.2, -0.15) is 0 Å². The Morgan fingerprint density at radius 2 is 2.42 bits per heavy atom. The van der Waals surface area contributed by atoms with Crippen LogP contribution in [0, 0.1) is 5.92 Å². The lowest BCUT2D eigenvalue weighted by Crippen LogP contribution is -2.28. The highest BCUT2D eigenvalue weighted by atomic mass is 16.5. The number of esters is 1. The van der Waals surface area contributed by atoms with Crippen molar-refractivity contribution < 1.29 is 14.3 Å². The SMILES string of the molecule is CCC1OCCC1CNCc1ccc(C(=O)OC)[nH]1. The predicted octanol–water partition coefficient (Wildman–Crippen LogP) is 1.71. The molecule has 0 bridgehead atoms. The Bertz CT molecular complexity index is 417. The van der Waals surface area contributed by atoms with Gasteiger partial charge in [0.1, 0.15) is 5.69 Å². The zero-order valence-corrected chi connectivity index (χ0v) is 11.6. The molecule has 106 valence electrons. The molecule has 2 rings (SSSR count). The van der Waals surface area contributed by atoms with E-state index < -0.39 is 0 Å². The lowest BCUT2D eigenvalue weighted by atomic mass is 10.00. The summed E-state index contributed by atoms with van der Waals surface area (Å²) >= 11 is 0. The Balaban J connectivity index is 1.76. The minimum absolute atomic E-state index is 0.332. The molecule has 5 nitrogen and oxygen atoms in total. The number of ether oxygens (including phenoxy) is 2. The number of rotatable bonds is 6. The van der Waals surface area contributed by atoms with Gasteiger partial charge in [0.25, 0.3) is 0 Å². The second kappa shape index (κ2) is 6.73. The van der Waals surface area contributed by atoms with Gasteiger partial charge in [-0.3, -0.25) is 0 Å². The van der Waals surface area contributed by atoms with Crippen LogP contribution in [0.5, 0.6) is 0 Å². The highest BCUT2D eigenvalue weighted by Crippen LogP contribution is 2.22. The molecule has 0 saturated carbocycles. The van der Waals surface area contributed by atoms with Crippen molar-refractivity contribution in [3.05, 3.63) is 23.5 Å². The minimum atomic E-state index is -0.332. The van der Waals surface area contributed by atoms with Gasteiger partial charge in [-0.1, -0.05) is 6.92 Å². The molecule has 1 aromatic rings. The largest absolute Gasteiger partial charge is 0.464 e. The van der Waals surface area contributed by atoms with Gasteiger partial charge in [0.05, 0.1) is 13.2 Å². The van der Waals surface area contributed by atoms with Crippen LogP contribution >= 0.6 is 0 Å². The highest BCUT2D eigenvalue weighted by Gasteiger charge is 2.25. The van der Waals surface area contributed by atoms with Crippen LogP contribution in [0.2, 0.25) is 0 Å². The Hall–Kier alpha value is -1.33. The summed E-state index contributed by atoms with van der Waals surface area (Å²) in [4.78, 5) is 14.3. The van der Waals surface area contributed by atoms with Gasteiger partial charge in [0, 0.05) is 25.4 Å². The summed E-state index contributed by atoms with van der Waals surface area (Å²) < 4.78 is 10.3. The van der Waals surface area contributed by atoms with E-state index in [0.29, 0.717) is 17.7 Å². The van der Waals surface area contributed by atoms with Crippen molar-refractivity contribution in [1.29, 1.82) is 0 Å². The van der Waals surface area contributed by atoms with E-state index in [2.05, 4.69) is 22.0 Å². The fourth-order valence-corrected chi connectivity index (χ4v) is 2.54. The maximum absolute atomic E-state index is 11.3. The maximum Gasteiger partial charge on any atom is 0.354 e. The van der Waals surface area contributed by atoms with E-state index in [1.54, 1.807) is 6.07 Å². The second-order valence-electron chi connectivity index (χ2n) is 4.89. The molecule has 2 atom stereocenters. The van der Waals surface area contributed by atoms with Crippen LogP contribution in [-0.4, -0.2) is 37.3 Å². The third-order valence-corrected chi connectivity index (χ3v) is 3.62. The molecule has 1 aliphatic heterocycles. The molecule has 5 heteroatoms. The van der Waals surface area contributed by atoms with E-state index in [4.69, 9.17) is 4.74 Å². The normalized spacial score (nSPS) is 22.6. The van der Waals surface area contributed by atoms with Gasteiger partial charge in [0.15, 0.2) is 0 Å². The molecular formula is C14H22N2O3. The quantitative estimate of drug-likeness (QED) is 0.769. The van der Waals surface area contributed by atoms with Gasteiger partial charge < -0.3 is 19.8 Å². The molecule has 2 N–H and O–H groups in total. The molecule has 0 spiro atoms. The topological polar surface area (TPSA) is 63.4 Å². The van der Waals surface area contributed by atoms with Gasteiger partial charge >= 0.3 is 5.97 Å². The lowest BCUT2D eigenvalue weighted by molar-refractivity contribution is 0.0594. The fraction of sp³-hybridized carbons (Fsp3) is 0.643. The number of hydrogen-bond donors (Lipinski definition) is 2. The van der Waals surface area contributed by atoms with E-state index >= 15 is 0 Å². The molecule has 1 saturated heterocycles. The van der Waals surface area contributed by atoms with Crippen molar-refractivity contribution in [3.63, 3.8) is 0 Å². The van der Waals surface area contributed by atoms with E-state index in [9.17, 15) is 4.79 Å². The molecule has 1 aliphatic rings. The van der Waals surface area contributed by atoms with Crippen molar-refractivity contribution in [3.8, 4) is 0 Å². The average Bonchev–Trinajstić information content (AvgIpc) is 3.06. The molecule has 1 fully saturated rings. The summed E-state index contributed by atoms with van der Waals surface area (Å²) in [6, 6.07) is 3.65. The summed E-state index contributed by atoms with van der Waals surface area (Å²) in [5.41, 5.74) is 1.49. The summed E-state index contributed by atoms with van der Waals surface area (Å²) in [7, 11) is 1.38. The molecule has 0 radical (unpaired) electrons. The fourth-order valence-electron chi connectivity index (χ4n) is 2.54. The van der Waals surface area contributed by atoms with Gasteiger partial charge in [-0.15, -0.1) is 0 Å². The molecule has 19 heavy (non-hydrogen) atoms. The molecule has 1 aromatic heterocycles. The predicted molar refractivity (Wildman–Crippen MR) is 72.0 cm³/mol. The van der Waals surface area contributed by atoms with Crippen molar-refractivity contribution in [1.82, 2.24) is 10.3 Å². The summed E-state index contributed by atoms with van der Waals surface area (Å²) in [6.45, 7) is 4.71. The number of methoxy groups -OCH3 is 1. The van der Waals surface area contributed by atoms with Crippen molar-refractivity contribution in [2.75, 3.05) is 20.3 Å². The minimum Gasteiger partial charge on any atom is -0.464 e. The number of hydrogen-bond acceptors (Lipinski definition) is 4. The number of H-pyrrole nitrogens is 1. The van der Waals surface area contributed by atoms with Crippen molar-refractivity contribution in [2.45, 2.75) is 32.4 Å². The van der Waals surface area contributed by atoms with E-state index in [1.807, 2.05) is 6.07 Å². The molecule has 0 aliphatic carbocycles. The van der Waals surface area contributed by atoms with Crippen LogP contribution in [-0.2, 0) is 16.0 Å². The van der Waals surface area contributed by atoms with E-state index in [1.165, 1.54) is 7.11 Å².